The van der Waals surface area contributed by atoms with Gasteiger partial charge in [0.1, 0.15) is 5.82 Å². The van der Waals surface area contributed by atoms with E-state index >= 15 is 0 Å². The Bertz CT molecular complexity index is 736. The SMILES string of the molecule is O=C(O)CCCN(C1CC1)[C@H]1c2ccc(F)cc2N(C(=O)O)[C@@H]2CC[C@@H]21. The highest BCUT2D eigenvalue weighted by Crippen LogP contribution is 2.54. The molecule has 2 aliphatic carbocycles. The van der Waals surface area contributed by atoms with Crippen LogP contribution in [-0.4, -0.2) is 45.8 Å². The number of fused-ring (bicyclic) bond motifs is 2. The number of amides is 1. The van der Waals surface area contributed by atoms with Gasteiger partial charge in [-0.2, -0.15) is 0 Å². The lowest BCUT2D eigenvalue weighted by Gasteiger charge is -2.54. The minimum atomic E-state index is -1.03. The summed E-state index contributed by atoms with van der Waals surface area (Å²) in [6, 6.07) is 4.78. The maximum atomic E-state index is 13.9. The summed E-state index contributed by atoms with van der Waals surface area (Å²) in [5.41, 5.74) is 1.31. The highest BCUT2D eigenvalue weighted by Gasteiger charge is 2.52. The van der Waals surface area contributed by atoms with Gasteiger partial charge in [0.2, 0.25) is 0 Å². The molecule has 0 spiro atoms. The third-order valence-electron chi connectivity index (χ3n) is 5.98. The molecule has 1 aromatic rings. The van der Waals surface area contributed by atoms with Crippen LogP contribution >= 0.6 is 0 Å². The van der Waals surface area contributed by atoms with Crippen LogP contribution in [0.15, 0.2) is 18.2 Å². The van der Waals surface area contributed by atoms with Gasteiger partial charge in [-0.05, 0) is 62.3 Å². The monoisotopic (exact) mass is 362 g/mol. The standard InChI is InChI=1S/C19H23FN2O4/c20-11-3-6-14-16(10-11)22(19(25)26)15-8-7-13(15)18(14)21(12-4-5-12)9-1-2-17(23)24/h3,6,10,12-13,15,18H,1-2,4-5,7-9H2,(H,23,24)(H,25,26)/t13-,15+,18+/m0/s1. The number of carboxylic acid groups (broad SMARTS) is 2. The van der Waals surface area contributed by atoms with Crippen molar-refractivity contribution >= 4 is 17.7 Å². The topological polar surface area (TPSA) is 81.1 Å². The van der Waals surface area contributed by atoms with Gasteiger partial charge in [-0.15, -0.1) is 0 Å². The molecule has 26 heavy (non-hydrogen) atoms. The summed E-state index contributed by atoms with van der Waals surface area (Å²) in [4.78, 5) is 26.4. The summed E-state index contributed by atoms with van der Waals surface area (Å²) in [5.74, 6) is -1.05. The summed E-state index contributed by atoms with van der Waals surface area (Å²) in [6.07, 6.45) is 3.56. The van der Waals surface area contributed by atoms with Crippen LogP contribution in [0, 0.1) is 11.7 Å². The fraction of sp³-hybridized carbons (Fsp3) is 0.579. The Morgan fingerprint density at radius 1 is 1.19 bits per heavy atom. The number of benzene rings is 1. The molecule has 3 atom stereocenters. The van der Waals surface area contributed by atoms with Gasteiger partial charge in [0.25, 0.3) is 0 Å². The zero-order chi connectivity index (χ0) is 18.4. The molecule has 1 aromatic carbocycles. The largest absolute Gasteiger partial charge is 0.481 e. The van der Waals surface area contributed by atoms with Crippen LogP contribution in [0.4, 0.5) is 14.9 Å². The maximum Gasteiger partial charge on any atom is 0.412 e. The van der Waals surface area contributed by atoms with Crippen LogP contribution in [0.1, 0.15) is 50.1 Å². The summed E-state index contributed by atoms with van der Waals surface area (Å²) in [7, 11) is 0. The number of hydrogen-bond acceptors (Lipinski definition) is 3. The Labute approximate surface area is 151 Å². The average molecular weight is 362 g/mol. The Kier molecular flexibility index (Phi) is 4.34. The Hall–Kier alpha value is -2.15. The van der Waals surface area contributed by atoms with Crippen molar-refractivity contribution in [3.05, 3.63) is 29.6 Å². The van der Waals surface area contributed by atoms with E-state index in [1.165, 1.54) is 17.0 Å². The molecule has 1 heterocycles. The number of anilines is 1. The lowest BCUT2D eigenvalue weighted by Crippen LogP contribution is -2.58. The molecule has 0 radical (unpaired) electrons. The molecule has 6 nitrogen and oxygen atoms in total. The van der Waals surface area contributed by atoms with Crippen molar-refractivity contribution in [1.29, 1.82) is 0 Å². The van der Waals surface area contributed by atoms with Gasteiger partial charge in [-0.1, -0.05) is 6.07 Å². The summed E-state index contributed by atoms with van der Waals surface area (Å²) >= 11 is 0. The van der Waals surface area contributed by atoms with Crippen molar-refractivity contribution < 1.29 is 24.2 Å². The average Bonchev–Trinajstić information content (AvgIpc) is 3.37. The second-order valence-electron chi connectivity index (χ2n) is 7.58. The smallest absolute Gasteiger partial charge is 0.412 e. The van der Waals surface area contributed by atoms with Crippen LogP contribution in [0.5, 0.6) is 0 Å². The zero-order valence-electron chi connectivity index (χ0n) is 14.5. The summed E-state index contributed by atoms with van der Waals surface area (Å²) in [6.45, 7) is 0.675. The van der Waals surface area contributed by atoms with E-state index in [9.17, 15) is 19.1 Å². The van der Waals surface area contributed by atoms with Crippen LogP contribution in [0.3, 0.4) is 0 Å². The number of carboxylic acids is 1. The maximum absolute atomic E-state index is 13.9. The normalized spacial score (nSPS) is 26.8. The molecule has 2 fully saturated rings. The fourth-order valence-corrected chi connectivity index (χ4v) is 4.62. The minimum absolute atomic E-state index is 0.0428. The predicted octanol–water partition coefficient (Wildman–Crippen LogP) is 3.47. The highest BCUT2D eigenvalue weighted by atomic mass is 19.1. The molecule has 2 N–H and O–H groups in total. The molecule has 4 rings (SSSR count). The Morgan fingerprint density at radius 2 is 1.96 bits per heavy atom. The van der Waals surface area contributed by atoms with Gasteiger partial charge in [0, 0.05) is 24.5 Å². The molecule has 0 aromatic heterocycles. The number of carbonyl (C=O) groups is 2. The quantitative estimate of drug-likeness (QED) is 0.810. The molecule has 2 saturated carbocycles. The van der Waals surface area contributed by atoms with E-state index in [1.54, 1.807) is 6.07 Å². The molecule has 3 aliphatic rings. The second kappa shape index (κ2) is 6.54. The van der Waals surface area contributed by atoms with Gasteiger partial charge in [-0.25, -0.2) is 9.18 Å². The first-order valence-electron chi connectivity index (χ1n) is 9.26. The van der Waals surface area contributed by atoms with Gasteiger partial charge < -0.3 is 10.2 Å². The van der Waals surface area contributed by atoms with Gasteiger partial charge >= 0.3 is 12.1 Å². The third kappa shape index (κ3) is 2.94. The molecule has 1 amide bonds. The van der Waals surface area contributed by atoms with E-state index in [0.717, 1.165) is 31.2 Å². The molecule has 7 heteroatoms. The molecule has 0 unspecified atom stereocenters. The van der Waals surface area contributed by atoms with Crippen molar-refractivity contribution in [2.75, 3.05) is 11.4 Å². The number of hydrogen-bond donors (Lipinski definition) is 2. The van der Waals surface area contributed by atoms with E-state index in [0.29, 0.717) is 24.7 Å². The molecular weight excluding hydrogens is 339 g/mol. The number of rotatable bonds is 6. The van der Waals surface area contributed by atoms with Crippen molar-refractivity contribution in [1.82, 2.24) is 4.90 Å². The van der Waals surface area contributed by atoms with Crippen molar-refractivity contribution in [3.8, 4) is 0 Å². The minimum Gasteiger partial charge on any atom is -0.481 e. The highest BCUT2D eigenvalue weighted by molar-refractivity contribution is 5.89. The van der Waals surface area contributed by atoms with Crippen LogP contribution in [0.25, 0.3) is 0 Å². The van der Waals surface area contributed by atoms with E-state index in [4.69, 9.17) is 5.11 Å². The van der Waals surface area contributed by atoms with Crippen LogP contribution in [-0.2, 0) is 4.79 Å². The Balaban J connectivity index is 1.69. The molecule has 0 saturated heterocycles. The molecular formula is C19H23FN2O4. The van der Waals surface area contributed by atoms with E-state index in [-0.39, 0.29) is 24.4 Å². The van der Waals surface area contributed by atoms with Crippen molar-refractivity contribution in [3.63, 3.8) is 0 Å². The van der Waals surface area contributed by atoms with Crippen molar-refractivity contribution in [2.45, 2.75) is 56.7 Å². The van der Waals surface area contributed by atoms with Crippen molar-refractivity contribution in [2.24, 2.45) is 5.92 Å². The lowest BCUT2D eigenvalue weighted by molar-refractivity contribution is -0.137. The van der Waals surface area contributed by atoms with Gasteiger partial charge in [0.15, 0.2) is 0 Å². The zero-order valence-corrected chi connectivity index (χ0v) is 14.5. The summed E-state index contributed by atoms with van der Waals surface area (Å²) in [5, 5.41) is 18.6. The third-order valence-corrected chi connectivity index (χ3v) is 5.98. The predicted molar refractivity (Wildman–Crippen MR) is 92.8 cm³/mol. The fourth-order valence-electron chi connectivity index (χ4n) is 4.62. The first-order chi connectivity index (χ1) is 12.5. The van der Waals surface area contributed by atoms with Gasteiger partial charge in [-0.3, -0.25) is 14.6 Å². The number of halogens is 1. The molecule has 140 valence electrons. The van der Waals surface area contributed by atoms with Crippen LogP contribution < -0.4 is 4.90 Å². The summed E-state index contributed by atoms with van der Waals surface area (Å²) < 4.78 is 13.9. The van der Waals surface area contributed by atoms with Gasteiger partial charge in [0.05, 0.1) is 5.69 Å². The molecule has 0 bridgehead atoms. The number of aliphatic carboxylic acids is 1. The Morgan fingerprint density at radius 3 is 2.54 bits per heavy atom. The van der Waals surface area contributed by atoms with E-state index < -0.39 is 17.9 Å². The first kappa shape index (κ1) is 17.3. The second-order valence-corrected chi connectivity index (χ2v) is 7.58. The number of nitrogens with zero attached hydrogens (tertiary/aromatic N) is 2. The van der Waals surface area contributed by atoms with E-state index in [1.807, 2.05) is 0 Å². The first-order valence-corrected chi connectivity index (χ1v) is 9.26. The lowest BCUT2D eigenvalue weighted by atomic mass is 9.68. The van der Waals surface area contributed by atoms with E-state index in [2.05, 4.69) is 4.90 Å². The van der Waals surface area contributed by atoms with Crippen LogP contribution in [0.2, 0.25) is 0 Å². The molecule has 1 aliphatic heterocycles.